The number of nitrogens with zero attached hydrogens (tertiary/aromatic N) is 1. The summed E-state index contributed by atoms with van der Waals surface area (Å²) >= 11 is 0. The highest BCUT2D eigenvalue weighted by molar-refractivity contribution is 5.72. The Hall–Kier alpha value is -0.610. The van der Waals surface area contributed by atoms with Gasteiger partial charge in [-0.15, -0.1) is 0 Å². The zero-order valence-electron chi connectivity index (χ0n) is 10.1. The third-order valence-corrected chi connectivity index (χ3v) is 3.37. The first-order valence-electron chi connectivity index (χ1n) is 5.71. The predicted octanol–water partition coefficient (Wildman–Crippen LogP) is 0.196. The molecule has 0 saturated carbocycles. The fourth-order valence-electron chi connectivity index (χ4n) is 1.91. The van der Waals surface area contributed by atoms with Gasteiger partial charge in [-0.3, -0.25) is 4.79 Å². The maximum Gasteiger partial charge on any atom is 0.216 e. The minimum atomic E-state index is 0.0621. The molecule has 1 aliphatic rings. The van der Waals surface area contributed by atoms with Crippen LogP contribution in [0.25, 0.3) is 0 Å². The first kappa shape index (κ1) is 12.5. The van der Waals surface area contributed by atoms with Crippen LogP contribution in [0.5, 0.6) is 0 Å². The number of rotatable bonds is 4. The fraction of sp³-hybridized carbons (Fsp3) is 0.909. The van der Waals surface area contributed by atoms with Gasteiger partial charge in [0.25, 0.3) is 0 Å². The molecular formula is C11H23N3O. The third-order valence-electron chi connectivity index (χ3n) is 3.37. The molecule has 1 fully saturated rings. The maximum absolute atomic E-state index is 10.7. The monoisotopic (exact) mass is 213 g/mol. The van der Waals surface area contributed by atoms with Crippen molar-refractivity contribution in [2.75, 3.05) is 33.2 Å². The van der Waals surface area contributed by atoms with E-state index in [0.29, 0.717) is 5.54 Å². The molecule has 1 saturated heterocycles. The van der Waals surface area contributed by atoms with Gasteiger partial charge in [0, 0.05) is 25.6 Å². The summed E-state index contributed by atoms with van der Waals surface area (Å²) in [7, 11) is 2.03. The number of nitrogens with one attached hydrogen (secondary N) is 2. The van der Waals surface area contributed by atoms with Crippen molar-refractivity contribution in [1.29, 1.82) is 0 Å². The number of hydrogen-bond donors (Lipinski definition) is 2. The first-order valence-corrected chi connectivity index (χ1v) is 5.71. The van der Waals surface area contributed by atoms with E-state index in [2.05, 4.69) is 22.5 Å². The molecule has 88 valence electrons. The highest BCUT2D eigenvalue weighted by Gasteiger charge is 2.27. The molecule has 4 nitrogen and oxygen atoms in total. The van der Waals surface area contributed by atoms with Gasteiger partial charge in [-0.25, -0.2) is 0 Å². The van der Waals surface area contributed by atoms with E-state index in [-0.39, 0.29) is 5.91 Å². The fourth-order valence-corrected chi connectivity index (χ4v) is 1.91. The van der Waals surface area contributed by atoms with Crippen LogP contribution in [0, 0.1) is 0 Å². The van der Waals surface area contributed by atoms with Crippen LogP contribution in [0.15, 0.2) is 0 Å². The number of amides is 1. The summed E-state index contributed by atoms with van der Waals surface area (Å²) in [6.07, 6.45) is 2.37. The second-order valence-corrected chi connectivity index (χ2v) is 4.64. The molecular weight excluding hydrogens is 190 g/mol. The van der Waals surface area contributed by atoms with Crippen LogP contribution in [0.2, 0.25) is 0 Å². The van der Waals surface area contributed by atoms with E-state index >= 15 is 0 Å². The van der Waals surface area contributed by atoms with E-state index < -0.39 is 0 Å². The Morgan fingerprint density at radius 3 is 2.47 bits per heavy atom. The summed E-state index contributed by atoms with van der Waals surface area (Å²) in [5, 5.41) is 6.21. The Morgan fingerprint density at radius 1 is 1.40 bits per heavy atom. The zero-order valence-corrected chi connectivity index (χ0v) is 10.1. The van der Waals surface area contributed by atoms with Crippen LogP contribution in [-0.4, -0.2) is 49.6 Å². The summed E-state index contributed by atoms with van der Waals surface area (Å²) in [6, 6.07) is 0. The summed E-state index contributed by atoms with van der Waals surface area (Å²) in [5.41, 5.74) is 0.310. The summed E-state index contributed by atoms with van der Waals surface area (Å²) < 4.78 is 0. The minimum Gasteiger partial charge on any atom is -0.355 e. The maximum atomic E-state index is 10.7. The summed E-state index contributed by atoms with van der Waals surface area (Å²) in [4.78, 5) is 13.1. The third kappa shape index (κ3) is 4.18. The molecule has 0 atom stereocenters. The lowest BCUT2D eigenvalue weighted by atomic mass is 9.90. The number of carbonyl (C=O) groups is 1. The largest absolute Gasteiger partial charge is 0.355 e. The summed E-state index contributed by atoms with van der Waals surface area (Å²) in [6.45, 7) is 7.82. The minimum absolute atomic E-state index is 0.0621. The van der Waals surface area contributed by atoms with E-state index in [9.17, 15) is 4.79 Å². The zero-order chi connectivity index (χ0) is 11.3. The van der Waals surface area contributed by atoms with Gasteiger partial charge in [-0.05, 0) is 39.9 Å². The van der Waals surface area contributed by atoms with Crippen molar-refractivity contribution in [2.45, 2.75) is 32.2 Å². The SMILES string of the molecule is CNC1(C)CCN(CCNC(C)=O)CC1. The van der Waals surface area contributed by atoms with Crippen molar-refractivity contribution in [3.05, 3.63) is 0 Å². The van der Waals surface area contributed by atoms with Crippen LogP contribution in [0.3, 0.4) is 0 Å². The van der Waals surface area contributed by atoms with E-state index in [1.54, 1.807) is 6.92 Å². The van der Waals surface area contributed by atoms with E-state index in [1.165, 1.54) is 12.8 Å². The molecule has 1 aliphatic heterocycles. The average molecular weight is 213 g/mol. The molecule has 1 heterocycles. The van der Waals surface area contributed by atoms with Crippen molar-refractivity contribution >= 4 is 5.91 Å². The van der Waals surface area contributed by atoms with Crippen molar-refractivity contribution in [1.82, 2.24) is 15.5 Å². The van der Waals surface area contributed by atoms with E-state index in [0.717, 1.165) is 26.2 Å². The molecule has 0 radical (unpaired) electrons. The standard InChI is InChI=1S/C11H23N3O/c1-10(15)13-6-9-14-7-4-11(2,12-3)5-8-14/h12H,4-9H2,1-3H3,(H,13,15). The van der Waals surface area contributed by atoms with Crippen LogP contribution in [0.1, 0.15) is 26.7 Å². The normalized spacial score (nSPS) is 21.3. The Kier molecular flexibility index (Phi) is 4.54. The lowest BCUT2D eigenvalue weighted by Gasteiger charge is -2.39. The molecule has 0 spiro atoms. The van der Waals surface area contributed by atoms with Crippen LogP contribution < -0.4 is 10.6 Å². The van der Waals surface area contributed by atoms with Gasteiger partial charge in [0.1, 0.15) is 0 Å². The van der Waals surface area contributed by atoms with Gasteiger partial charge in [0.05, 0.1) is 0 Å². The number of piperidine rings is 1. The second-order valence-electron chi connectivity index (χ2n) is 4.64. The molecule has 1 amide bonds. The van der Waals surface area contributed by atoms with Crippen LogP contribution in [-0.2, 0) is 4.79 Å². The molecule has 15 heavy (non-hydrogen) atoms. The molecule has 1 rings (SSSR count). The van der Waals surface area contributed by atoms with E-state index in [1.807, 2.05) is 7.05 Å². The number of hydrogen-bond acceptors (Lipinski definition) is 3. The van der Waals surface area contributed by atoms with Gasteiger partial charge >= 0.3 is 0 Å². The summed E-state index contributed by atoms with van der Waals surface area (Å²) in [5.74, 6) is 0.0621. The average Bonchev–Trinajstić information content (AvgIpc) is 2.21. The lowest BCUT2D eigenvalue weighted by molar-refractivity contribution is -0.119. The highest BCUT2D eigenvalue weighted by atomic mass is 16.1. The van der Waals surface area contributed by atoms with Crippen molar-refractivity contribution < 1.29 is 4.79 Å². The molecule has 0 aromatic rings. The first-order chi connectivity index (χ1) is 7.06. The Bertz CT molecular complexity index is 210. The molecule has 0 unspecified atom stereocenters. The lowest BCUT2D eigenvalue weighted by Crippen LogP contribution is -2.51. The van der Waals surface area contributed by atoms with Gasteiger partial charge < -0.3 is 15.5 Å². The molecule has 4 heteroatoms. The Labute approximate surface area is 92.4 Å². The topological polar surface area (TPSA) is 44.4 Å². The molecule has 0 aromatic carbocycles. The quantitative estimate of drug-likeness (QED) is 0.701. The van der Waals surface area contributed by atoms with Gasteiger partial charge in [-0.2, -0.15) is 0 Å². The molecule has 0 aromatic heterocycles. The molecule has 0 aliphatic carbocycles. The van der Waals surface area contributed by atoms with Gasteiger partial charge in [0.15, 0.2) is 0 Å². The number of carbonyl (C=O) groups excluding carboxylic acids is 1. The highest BCUT2D eigenvalue weighted by Crippen LogP contribution is 2.20. The second kappa shape index (κ2) is 5.47. The molecule has 2 N–H and O–H groups in total. The van der Waals surface area contributed by atoms with Gasteiger partial charge in [0.2, 0.25) is 5.91 Å². The van der Waals surface area contributed by atoms with Crippen molar-refractivity contribution in [3.63, 3.8) is 0 Å². The smallest absolute Gasteiger partial charge is 0.216 e. The Morgan fingerprint density at radius 2 is 2.00 bits per heavy atom. The van der Waals surface area contributed by atoms with Crippen molar-refractivity contribution in [2.24, 2.45) is 0 Å². The number of likely N-dealkylation sites (tertiary alicyclic amines) is 1. The Balaban J connectivity index is 2.17. The van der Waals surface area contributed by atoms with Crippen molar-refractivity contribution in [3.8, 4) is 0 Å². The van der Waals surface area contributed by atoms with E-state index in [4.69, 9.17) is 0 Å². The molecule has 0 bridgehead atoms. The van der Waals surface area contributed by atoms with Crippen LogP contribution in [0.4, 0.5) is 0 Å². The predicted molar refractivity (Wildman–Crippen MR) is 61.8 cm³/mol. The van der Waals surface area contributed by atoms with Gasteiger partial charge in [-0.1, -0.05) is 0 Å². The van der Waals surface area contributed by atoms with Crippen LogP contribution >= 0.6 is 0 Å².